The van der Waals surface area contributed by atoms with Crippen LogP contribution in [0.25, 0.3) is 33.0 Å². The topological polar surface area (TPSA) is 6.48 Å². The van der Waals surface area contributed by atoms with Gasteiger partial charge in [-0.1, -0.05) is 135 Å². The molecule has 0 N–H and O–H groups in total. The molecule has 280 valence electrons. The summed E-state index contributed by atoms with van der Waals surface area (Å²) in [5.74, 6) is 0. The number of para-hydroxylation sites is 4. The molecule has 58 heavy (non-hydrogen) atoms. The van der Waals surface area contributed by atoms with Crippen LogP contribution in [0, 0.1) is 0 Å². The number of rotatable bonds is 6. The van der Waals surface area contributed by atoms with Crippen molar-refractivity contribution < 1.29 is 0 Å². The monoisotopic (exact) mass is 778 g/mol. The minimum atomic E-state index is -2.14. The average molecular weight is 779 g/mol. The Hall–Kier alpha value is -5.95. The van der Waals surface area contributed by atoms with Crippen LogP contribution in [-0.2, 0) is 0 Å². The van der Waals surface area contributed by atoms with Crippen molar-refractivity contribution in [3.8, 4) is 22.3 Å². The summed E-state index contributed by atoms with van der Waals surface area (Å²) in [5, 5.41) is 10.1. The van der Waals surface area contributed by atoms with E-state index in [-0.39, 0.29) is 0 Å². The van der Waals surface area contributed by atoms with Gasteiger partial charge in [0.05, 0.1) is 0 Å². The van der Waals surface area contributed by atoms with Crippen LogP contribution in [0.5, 0.6) is 0 Å². The van der Waals surface area contributed by atoms with Crippen LogP contribution in [0.1, 0.15) is 25.7 Å². The van der Waals surface area contributed by atoms with Crippen LogP contribution < -0.4 is 30.5 Å². The lowest BCUT2D eigenvalue weighted by Crippen LogP contribution is -2.66. The summed E-state index contributed by atoms with van der Waals surface area (Å²) in [6.07, 6.45) is 5.36. The van der Waals surface area contributed by atoms with E-state index in [2.05, 4.69) is 192 Å². The van der Waals surface area contributed by atoms with Gasteiger partial charge < -0.3 is 9.80 Å². The molecule has 4 aliphatic rings. The van der Waals surface area contributed by atoms with Gasteiger partial charge in [0.15, 0.2) is 0 Å². The molecule has 4 heteroatoms. The molecule has 4 aliphatic heterocycles. The summed E-state index contributed by atoms with van der Waals surface area (Å²) >= 11 is 0. The van der Waals surface area contributed by atoms with E-state index in [1.807, 2.05) is 10.4 Å². The molecule has 2 saturated heterocycles. The average Bonchev–Trinajstić information content (AvgIpc) is 4.09. The molecule has 8 aromatic rings. The van der Waals surface area contributed by atoms with Gasteiger partial charge in [-0.15, -0.1) is 0 Å². The molecule has 12 rings (SSSR count). The molecule has 8 aromatic carbocycles. The second kappa shape index (κ2) is 13.3. The van der Waals surface area contributed by atoms with Crippen molar-refractivity contribution in [3.63, 3.8) is 0 Å². The fourth-order valence-corrected chi connectivity index (χ4v) is 25.0. The molecule has 0 radical (unpaired) electrons. The molecule has 0 aromatic heterocycles. The Bertz CT molecular complexity index is 2570. The normalized spacial score (nSPS) is 16.3. The molecule has 2 nitrogen and oxygen atoms in total. The van der Waals surface area contributed by atoms with Gasteiger partial charge in [0.1, 0.15) is 16.1 Å². The smallest absolute Gasteiger partial charge is 0.119 e. The molecule has 0 atom stereocenters. The molecule has 0 amide bonds. The Labute approximate surface area is 344 Å². The standard InChI is InChI=1S/C54H46N2Si2/c1-5-19-39(20-6-1)55(40-21-7-2-8-22-40)43-29-31-47-49(37-43)57(33-15-16-34-57)53-51(47)45-27-13-14-28-46(45)52-48-32-30-44(38-50(48)58(54(52)53)35-17-18-36-58)56(41-23-9-3-10-24-41)42-25-11-4-12-26-42/h1-14,19-32,37-38H,15-18,33-36H2. The van der Waals surface area contributed by atoms with E-state index in [9.17, 15) is 0 Å². The minimum absolute atomic E-state index is 1.21. The quantitative estimate of drug-likeness (QED) is 0.155. The summed E-state index contributed by atoms with van der Waals surface area (Å²) in [4.78, 5) is 4.97. The first-order valence-corrected chi connectivity index (χ1v) is 26.3. The lowest BCUT2D eigenvalue weighted by molar-refractivity contribution is 0.935. The molecule has 0 aliphatic carbocycles. The van der Waals surface area contributed by atoms with E-state index in [1.165, 1.54) is 106 Å². The van der Waals surface area contributed by atoms with Crippen molar-refractivity contribution in [2.45, 2.75) is 49.9 Å². The zero-order valence-corrected chi connectivity index (χ0v) is 34.9. The number of fused-ring (bicyclic) bond motifs is 14. The summed E-state index contributed by atoms with van der Waals surface area (Å²) < 4.78 is 0. The third kappa shape index (κ3) is 4.88. The van der Waals surface area contributed by atoms with Crippen molar-refractivity contribution in [2.24, 2.45) is 0 Å². The van der Waals surface area contributed by atoms with E-state index >= 15 is 0 Å². The van der Waals surface area contributed by atoms with Crippen molar-refractivity contribution in [3.05, 3.63) is 182 Å². The van der Waals surface area contributed by atoms with Crippen LogP contribution in [0.2, 0.25) is 24.2 Å². The summed E-state index contributed by atoms with van der Waals surface area (Å²) in [6, 6.07) is 74.2. The highest BCUT2D eigenvalue weighted by atomic mass is 28.3. The summed E-state index contributed by atoms with van der Waals surface area (Å²) in [6.45, 7) is 0. The Morgan fingerprint density at radius 1 is 0.310 bits per heavy atom. The molecular formula is C54H46N2Si2. The van der Waals surface area contributed by atoms with Gasteiger partial charge in [0, 0.05) is 34.1 Å². The van der Waals surface area contributed by atoms with Gasteiger partial charge in [0.25, 0.3) is 0 Å². The Morgan fingerprint density at radius 2 is 0.621 bits per heavy atom. The number of anilines is 6. The summed E-state index contributed by atoms with van der Waals surface area (Å²) in [5.41, 5.74) is 13.7. The lowest BCUT2D eigenvalue weighted by atomic mass is 9.92. The van der Waals surface area contributed by atoms with Gasteiger partial charge in [-0.05, 0) is 151 Å². The third-order valence-corrected chi connectivity index (χ3v) is 25.1. The van der Waals surface area contributed by atoms with Gasteiger partial charge in [-0.2, -0.15) is 0 Å². The van der Waals surface area contributed by atoms with Crippen LogP contribution in [0.3, 0.4) is 0 Å². The van der Waals surface area contributed by atoms with Crippen LogP contribution in [0.4, 0.5) is 34.1 Å². The Kier molecular flexibility index (Phi) is 7.83. The molecular weight excluding hydrogens is 733 g/mol. The molecule has 0 unspecified atom stereocenters. The van der Waals surface area contributed by atoms with Gasteiger partial charge in [0.2, 0.25) is 0 Å². The third-order valence-electron chi connectivity index (χ3n) is 14.2. The van der Waals surface area contributed by atoms with Crippen molar-refractivity contribution >= 4 is 81.8 Å². The number of hydrogen-bond donors (Lipinski definition) is 0. The molecule has 2 fully saturated rings. The molecule has 4 heterocycles. The maximum absolute atomic E-state index is 2.68. The second-order valence-corrected chi connectivity index (χ2v) is 25.5. The second-order valence-electron chi connectivity index (χ2n) is 17.1. The fourth-order valence-electron chi connectivity index (χ4n) is 12.0. The van der Waals surface area contributed by atoms with Gasteiger partial charge >= 0.3 is 0 Å². The highest BCUT2D eigenvalue weighted by Gasteiger charge is 2.57. The highest BCUT2D eigenvalue weighted by Crippen LogP contribution is 2.50. The zero-order valence-electron chi connectivity index (χ0n) is 32.9. The Balaban J connectivity index is 1.11. The summed E-state index contributed by atoms with van der Waals surface area (Å²) in [7, 11) is -4.28. The molecule has 0 saturated carbocycles. The molecule has 0 bridgehead atoms. The maximum Gasteiger partial charge on any atom is 0.119 e. The largest absolute Gasteiger partial charge is 0.311 e. The van der Waals surface area contributed by atoms with Gasteiger partial charge in [-0.3, -0.25) is 0 Å². The highest BCUT2D eigenvalue weighted by molar-refractivity contribution is 7.15. The van der Waals surface area contributed by atoms with E-state index in [0.717, 1.165) is 0 Å². The van der Waals surface area contributed by atoms with E-state index < -0.39 is 16.1 Å². The zero-order chi connectivity index (χ0) is 38.3. The fraction of sp³-hybridized carbons (Fsp3) is 0.148. The lowest BCUT2D eigenvalue weighted by Gasteiger charge is -2.34. The first-order chi connectivity index (χ1) is 28.8. The SMILES string of the molecule is c1ccc(N(c2ccccc2)c2ccc3c(c2)[Si]2(CCCC2)c2c4c(c5ccccc5c2-3)-c2ccc(N(c3ccccc3)c3ccccc3)cc2[Si]42CCCC2)cc1. The van der Waals surface area contributed by atoms with Crippen molar-refractivity contribution in [2.75, 3.05) is 9.80 Å². The van der Waals surface area contributed by atoms with Crippen molar-refractivity contribution in [1.29, 1.82) is 0 Å². The Morgan fingerprint density at radius 3 is 0.948 bits per heavy atom. The number of hydrogen-bond acceptors (Lipinski definition) is 2. The maximum atomic E-state index is 2.68. The van der Waals surface area contributed by atoms with Crippen molar-refractivity contribution in [1.82, 2.24) is 0 Å². The van der Waals surface area contributed by atoms with Gasteiger partial charge in [-0.25, -0.2) is 0 Å². The predicted octanol–water partition coefficient (Wildman–Crippen LogP) is 12.5. The predicted molar refractivity (Wildman–Crippen MR) is 252 cm³/mol. The first kappa shape index (κ1) is 34.1. The van der Waals surface area contributed by atoms with E-state index in [0.29, 0.717) is 0 Å². The number of nitrogens with zero attached hydrogens (tertiary/aromatic N) is 2. The van der Waals surface area contributed by atoms with Crippen LogP contribution in [0.15, 0.2) is 182 Å². The van der Waals surface area contributed by atoms with Crippen LogP contribution >= 0.6 is 0 Å². The van der Waals surface area contributed by atoms with E-state index in [1.54, 1.807) is 21.5 Å². The minimum Gasteiger partial charge on any atom is -0.311 e. The number of benzene rings is 8. The van der Waals surface area contributed by atoms with E-state index in [4.69, 9.17) is 0 Å². The molecule has 2 spiro atoms. The van der Waals surface area contributed by atoms with Crippen LogP contribution in [-0.4, -0.2) is 16.1 Å². The first-order valence-electron chi connectivity index (χ1n) is 21.5.